The first kappa shape index (κ1) is 14.4. The number of nitrogens with one attached hydrogen (secondary N) is 1. The van der Waals surface area contributed by atoms with Crippen molar-refractivity contribution in [3.05, 3.63) is 75.5 Å². The average Bonchev–Trinajstić information content (AvgIpc) is 2.96. The van der Waals surface area contributed by atoms with Crippen LogP contribution < -0.4 is 5.32 Å². The molecule has 1 unspecified atom stereocenters. The zero-order valence-corrected chi connectivity index (χ0v) is 13.4. The van der Waals surface area contributed by atoms with Crippen LogP contribution in [0.5, 0.6) is 0 Å². The number of aromatic nitrogens is 2. The van der Waals surface area contributed by atoms with Crippen LogP contribution in [0.15, 0.2) is 48.5 Å². The Balaban J connectivity index is 1.83. The monoisotopic (exact) mass is 320 g/mol. The van der Waals surface area contributed by atoms with Crippen molar-refractivity contribution in [3.63, 3.8) is 0 Å². The molecular formula is C18H16N4O2. The number of nitro benzene ring substituents is 1. The smallest absolute Gasteiger partial charge is 0.269 e. The van der Waals surface area contributed by atoms with Gasteiger partial charge in [0.05, 0.1) is 16.3 Å². The molecule has 1 aromatic heterocycles. The zero-order chi connectivity index (χ0) is 16.8. The normalized spacial score (nSPS) is 15.3. The summed E-state index contributed by atoms with van der Waals surface area (Å²) in [5, 5.41) is 19.0. The summed E-state index contributed by atoms with van der Waals surface area (Å²) >= 11 is 0. The van der Waals surface area contributed by atoms with Crippen molar-refractivity contribution < 1.29 is 4.92 Å². The largest absolute Gasteiger partial charge is 0.359 e. The van der Waals surface area contributed by atoms with Crippen LogP contribution in [0, 0.1) is 24.0 Å². The highest BCUT2D eigenvalue weighted by atomic mass is 16.6. The molecule has 0 saturated heterocycles. The van der Waals surface area contributed by atoms with Crippen LogP contribution in [0.4, 0.5) is 11.4 Å². The highest BCUT2D eigenvalue weighted by Gasteiger charge is 2.26. The van der Waals surface area contributed by atoms with Gasteiger partial charge in [-0.3, -0.25) is 10.1 Å². The van der Waals surface area contributed by atoms with E-state index in [1.807, 2.05) is 11.6 Å². The molecule has 2 aromatic carbocycles. The second-order valence-electron chi connectivity index (χ2n) is 6.06. The van der Waals surface area contributed by atoms with Crippen molar-refractivity contribution >= 4 is 11.4 Å². The van der Waals surface area contributed by atoms with Gasteiger partial charge in [0.1, 0.15) is 6.17 Å². The number of hydrogen-bond donors (Lipinski definition) is 1. The van der Waals surface area contributed by atoms with Crippen molar-refractivity contribution in [3.8, 4) is 11.3 Å². The molecule has 0 amide bonds. The molecule has 1 N–H and O–H groups in total. The van der Waals surface area contributed by atoms with Crippen LogP contribution >= 0.6 is 0 Å². The van der Waals surface area contributed by atoms with Gasteiger partial charge in [-0.2, -0.15) is 5.10 Å². The maximum Gasteiger partial charge on any atom is 0.269 e. The van der Waals surface area contributed by atoms with Gasteiger partial charge in [0, 0.05) is 23.4 Å². The predicted molar refractivity (Wildman–Crippen MR) is 92.0 cm³/mol. The Labute approximate surface area is 138 Å². The summed E-state index contributed by atoms with van der Waals surface area (Å²) in [5.74, 6) is 0. The van der Waals surface area contributed by atoms with Crippen LogP contribution in [0.2, 0.25) is 0 Å². The first-order chi connectivity index (χ1) is 11.5. The molecule has 3 aromatic rings. The summed E-state index contributed by atoms with van der Waals surface area (Å²) in [6, 6.07) is 14.9. The molecule has 24 heavy (non-hydrogen) atoms. The fourth-order valence-electron chi connectivity index (χ4n) is 3.12. The highest BCUT2D eigenvalue weighted by molar-refractivity contribution is 5.79. The minimum absolute atomic E-state index is 0.0856. The van der Waals surface area contributed by atoms with E-state index in [-0.39, 0.29) is 16.8 Å². The molecule has 0 fully saturated rings. The number of non-ortho nitro benzene ring substituents is 1. The quantitative estimate of drug-likeness (QED) is 0.571. The number of fused-ring (bicyclic) bond motifs is 3. The number of nitro groups is 1. The summed E-state index contributed by atoms with van der Waals surface area (Å²) < 4.78 is 1.94. The van der Waals surface area contributed by atoms with Gasteiger partial charge in [-0.15, -0.1) is 0 Å². The SMILES string of the molecule is Cc1ccc2c(c1)-c1cc(C)nn1C(c1ccc([N+](=O)[O-])cc1)N2. The molecule has 0 spiro atoms. The lowest BCUT2D eigenvalue weighted by Crippen LogP contribution is -2.25. The third-order valence-corrected chi connectivity index (χ3v) is 4.27. The molecule has 1 atom stereocenters. The molecule has 6 heteroatoms. The Morgan fingerprint density at radius 1 is 1.12 bits per heavy atom. The van der Waals surface area contributed by atoms with Crippen molar-refractivity contribution in [1.82, 2.24) is 9.78 Å². The number of nitrogens with zero attached hydrogens (tertiary/aromatic N) is 3. The summed E-state index contributed by atoms with van der Waals surface area (Å²) in [5.41, 5.74) is 6.35. The molecule has 120 valence electrons. The molecule has 0 aliphatic carbocycles. The number of anilines is 1. The van der Waals surface area contributed by atoms with E-state index in [9.17, 15) is 10.1 Å². The Hall–Kier alpha value is -3.15. The third kappa shape index (κ3) is 2.23. The van der Waals surface area contributed by atoms with Gasteiger partial charge in [-0.1, -0.05) is 11.6 Å². The number of hydrogen-bond acceptors (Lipinski definition) is 4. The van der Waals surface area contributed by atoms with Crippen LogP contribution in [0.25, 0.3) is 11.3 Å². The first-order valence-electron chi connectivity index (χ1n) is 7.71. The lowest BCUT2D eigenvalue weighted by molar-refractivity contribution is -0.384. The van der Waals surface area contributed by atoms with Crippen LogP contribution in [-0.2, 0) is 0 Å². The Morgan fingerprint density at radius 2 is 1.88 bits per heavy atom. The van der Waals surface area contributed by atoms with Crippen LogP contribution in [0.3, 0.4) is 0 Å². The lowest BCUT2D eigenvalue weighted by Gasteiger charge is -2.29. The molecule has 6 nitrogen and oxygen atoms in total. The van der Waals surface area contributed by atoms with Gasteiger partial charge in [-0.05, 0) is 49.7 Å². The van der Waals surface area contributed by atoms with Gasteiger partial charge in [0.25, 0.3) is 5.69 Å². The number of rotatable bonds is 2. The maximum atomic E-state index is 10.9. The van der Waals surface area contributed by atoms with E-state index in [4.69, 9.17) is 0 Å². The molecule has 1 aliphatic heterocycles. The zero-order valence-electron chi connectivity index (χ0n) is 13.4. The van der Waals surface area contributed by atoms with E-state index >= 15 is 0 Å². The van der Waals surface area contributed by atoms with E-state index in [1.165, 1.54) is 17.7 Å². The van der Waals surface area contributed by atoms with E-state index in [2.05, 4.69) is 41.6 Å². The van der Waals surface area contributed by atoms with Gasteiger partial charge in [0.15, 0.2) is 0 Å². The van der Waals surface area contributed by atoms with Crippen molar-refractivity contribution in [1.29, 1.82) is 0 Å². The third-order valence-electron chi connectivity index (χ3n) is 4.27. The topological polar surface area (TPSA) is 73.0 Å². The summed E-state index contributed by atoms with van der Waals surface area (Å²) in [6.07, 6.45) is -0.190. The van der Waals surface area contributed by atoms with E-state index in [0.717, 1.165) is 28.2 Å². The van der Waals surface area contributed by atoms with Crippen LogP contribution in [0.1, 0.15) is 23.0 Å². The predicted octanol–water partition coefficient (Wildman–Crippen LogP) is 4.05. The van der Waals surface area contributed by atoms with E-state index in [0.29, 0.717) is 0 Å². The van der Waals surface area contributed by atoms with Gasteiger partial charge in [-0.25, -0.2) is 4.68 Å². The summed E-state index contributed by atoms with van der Waals surface area (Å²) in [7, 11) is 0. The fourth-order valence-corrected chi connectivity index (χ4v) is 3.12. The lowest BCUT2D eigenvalue weighted by atomic mass is 10.0. The average molecular weight is 320 g/mol. The fraction of sp³-hybridized carbons (Fsp3) is 0.167. The number of benzene rings is 2. The van der Waals surface area contributed by atoms with Crippen molar-refractivity contribution in [2.24, 2.45) is 0 Å². The molecule has 0 bridgehead atoms. The molecule has 1 aliphatic rings. The minimum Gasteiger partial charge on any atom is -0.359 e. The Kier molecular flexibility index (Phi) is 3.13. The molecule has 0 radical (unpaired) electrons. The van der Waals surface area contributed by atoms with Gasteiger partial charge >= 0.3 is 0 Å². The highest BCUT2D eigenvalue weighted by Crippen LogP contribution is 2.39. The summed E-state index contributed by atoms with van der Waals surface area (Å²) in [6.45, 7) is 4.03. The van der Waals surface area contributed by atoms with E-state index < -0.39 is 0 Å². The van der Waals surface area contributed by atoms with Gasteiger partial charge in [0.2, 0.25) is 0 Å². The first-order valence-corrected chi connectivity index (χ1v) is 7.71. The molecule has 0 saturated carbocycles. The molecule has 4 rings (SSSR count). The van der Waals surface area contributed by atoms with Crippen LogP contribution in [-0.4, -0.2) is 14.7 Å². The summed E-state index contributed by atoms with van der Waals surface area (Å²) in [4.78, 5) is 10.5. The Bertz CT molecular complexity index is 944. The second-order valence-corrected chi connectivity index (χ2v) is 6.06. The molecular weight excluding hydrogens is 304 g/mol. The number of aryl methyl sites for hydroxylation is 2. The van der Waals surface area contributed by atoms with Gasteiger partial charge < -0.3 is 5.32 Å². The van der Waals surface area contributed by atoms with Crippen molar-refractivity contribution in [2.75, 3.05) is 5.32 Å². The Morgan fingerprint density at radius 3 is 2.58 bits per heavy atom. The molecule has 2 heterocycles. The van der Waals surface area contributed by atoms with Crippen molar-refractivity contribution in [2.45, 2.75) is 20.0 Å². The maximum absolute atomic E-state index is 10.9. The minimum atomic E-state index is -0.389. The second kappa shape index (κ2) is 5.19. The van der Waals surface area contributed by atoms with E-state index in [1.54, 1.807) is 12.1 Å². The standard InChI is InChI=1S/C18H16N4O2/c1-11-3-8-16-15(9-11)17-10-12(2)20-21(17)18(19-16)13-4-6-14(7-5-13)22(23)24/h3-10,18-19H,1-2H3.